The minimum atomic E-state index is -1.12. The van der Waals surface area contributed by atoms with Crippen LogP contribution in [0.25, 0.3) is 0 Å². The van der Waals surface area contributed by atoms with Crippen LogP contribution in [0.5, 0.6) is 0 Å². The van der Waals surface area contributed by atoms with Crippen molar-refractivity contribution in [1.82, 2.24) is 0 Å². The predicted molar refractivity (Wildman–Crippen MR) is 45.6 cm³/mol. The van der Waals surface area contributed by atoms with Crippen molar-refractivity contribution in [2.24, 2.45) is 5.73 Å². The lowest BCUT2D eigenvalue weighted by Gasteiger charge is -2.26. The van der Waals surface area contributed by atoms with Crippen LogP contribution in [-0.4, -0.2) is 18.0 Å². The average Bonchev–Trinajstić information content (AvgIpc) is 2.62. The van der Waals surface area contributed by atoms with Crippen LogP contribution >= 0.6 is 0 Å². The summed E-state index contributed by atoms with van der Waals surface area (Å²) in [6, 6.07) is 0. The van der Waals surface area contributed by atoms with Gasteiger partial charge >= 0.3 is 5.97 Å². The van der Waals surface area contributed by atoms with E-state index in [4.69, 9.17) is 15.2 Å². The molecule has 0 aromatic rings. The highest BCUT2D eigenvalue weighted by molar-refractivity contribution is 5.71. The summed E-state index contributed by atoms with van der Waals surface area (Å²) in [4.78, 5) is 10.9. The Kier molecular flexibility index (Phi) is 2.26. The van der Waals surface area contributed by atoms with Gasteiger partial charge in [0.2, 0.25) is 0 Å². The van der Waals surface area contributed by atoms with Crippen molar-refractivity contribution in [2.45, 2.75) is 50.5 Å². The van der Waals surface area contributed by atoms with Gasteiger partial charge in [-0.05, 0) is 12.8 Å². The van der Waals surface area contributed by atoms with E-state index >= 15 is 0 Å². The second kappa shape index (κ2) is 3.27. The molecule has 1 atom stereocenters. The number of cyclic esters (lactones) is 1. The summed E-state index contributed by atoms with van der Waals surface area (Å²) in [5.41, 5.74) is 5.76. The number of esters is 1. The van der Waals surface area contributed by atoms with Crippen molar-refractivity contribution < 1.29 is 14.3 Å². The first-order valence-corrected chi connectivity index (χ1v) is 4.86. The number of carbonyl (C=O) groups excluding carboxylic acids is 1. The molecule has 2 rings (SSSR count). The number of hydrogen-bond donors (Lipinski definition) is 1. The third-order valence-electron chi connectivity index (χ3n) is 2.63. The first kappa shape index (κ1) is 8.97. The molecule has 4 nitrogen and oxygen atoms in total. The summed E-state index contributed by atoms with van der Waals surface area (Å²) in [7, 11) is 0. The maximum atomic E-state index is 10.9. The lowest BCUT2D eigenvalue weighted by Crippen LogP contribution is -2.44. The molecule has 1 saturated heterocycles. The van der Waals surface area contributed by atoms with Crippen molar-refractivity contribution in [2.75, 3.05) is 0 Å². The number of ether oxygens (including phenoxy) is 2. The average molecular weight is 185 g/mol. The zero-order chi connectivity index (χ0) is 9.31. The van der Waals surface area contributed by atoms with Gasteiger partial charge in [0.25, 0.3) is 5.91 Å². The van der Waals surface area contributed by atoms with E-state index in [0.29, 0.717) is 12.8 Å². The fourth-order valence-electron chi connectivity index (χ4n) is 1.94. The highest BCUT2D eigenvalue weighted by atomic mass is 16.7. The molecule has 0 amide bonds. The fourth-order valence-corrected chi connectivity index (χ4v) is 1.94. The number of rotatable bonds is 2. The molecule has 0 bridgehead atoms. The van der Waals surface area contributed by atoms with Crippen LogP contribution in [-0.2, 0) is 14.3 Å². The molecule has 1 unspecified atom stereocenters. The first-order valence-electron chi connectivity index (χ1n) is 4.86. The van der Waals surface area contributed by atoms with E-state index < -0.39 is 5.91 Å². The van der Waals surface area contributed by atoms with E-state index in [1.54, 1.807) is 0 Å². The van der Waals surface area contributed by atoms with Crippen molar-refractivity contribution in [3.05, 3.63) is 0 Å². The van der Waals surface area contributed by atoms with Gasteiger partial charge in [-0.2, -0.15) is 0 Å². The molecular formula is C9H15NO3. The van der Waals surface area contributed by atoms with Gasteiger partial charge in [-0.3, -0.25) is 10.5 Å². The Hall–Kier alpha value is -0.610. The molecule has 0 aromatic heterocycles. The van der Waals surface area contributed by atoms with Gasteiger partial charge in [0.05, 0.1) is 12.5 Å². The monoisotopic (exact) mass is 185 g/mol. The number of carbonyl (C=O) groups is 1. The summed E-state index contributed by atoms with van der Waals surface area (Å²) < 4.78 is 10.5. The predicted octanol–water partition coefficient (Wildman–Crippen LogP) is 0.895. The van der Waals surface area contributed by atoms with Gasteiger partial charge in [0.1, 0.15) is 0 Å². The van der Waals surface area contributed by atoms with E-state index in [1.807, 2.05) is 0 Å². The Labute approximate surface area is 77.4 Å². The van der Waals surface area contributed by atoms with E-state index in [2.05, 4.69) is 0 Å². The third kappa shape index (κ3) is 2.00. The standard InChI is InChI=1S/C9H15NO3/c10-9(6-5-8(11)13-9)12-7-3-1-2-4-7/h7H,1-6,10H2. The summed E-state index contributed by atoms with van der Waals surface area (Å²) >= 11 is 0. The van der Waals surface area contributed by atoms with E-state index in [-0.39, 0.29) is 12.1 Å². The second-order valence-electron chi connectivity index (χ2n) is 3.81. The van der Waals surface area contributed by atoms with Gasteiger partial charge in [-0.15, -0.1) is 0 Å². The van der Waals surface area contributed by atoms with E-state index in [1.165, 1.54) is 12.8 Å². The molecule has 0 aromatic carbocycles. The maximum absolute atomic E-state index is 10.9. The highest BCUT2D eigenvalue weighted by Crippen LogP contribution is 2.29. The minimum Gasteiger partial charge on any atom is -0.419 e. The first-order chi connectivity index (χ1) is 6.18. The third-order valence-corrected chi connectivity index (χ3v) is 2.63. The van der Waals surface area contributed by atoms with Crippen LogP contribution < -0.4 is 5.73 Å². The molecule has 0 radical (unpaired) electrons. The Bertz CT molecular complexity index is 213. The summed E-state index contributed by atoms with van der Waals surface area (Å²) in [5, 5.41) is 0. The molecule has 1 aliphatic carbocycles. The molecule has 4 heteroatoms. The van der Waals surface area contributed by atoms with Crippen LogP contribution in [0.2, 0.25) is 0 Å². The van der Waals surface area contributed by atoms with Gasteiger partial charge in [-0.1, -0.05) is 12.8 Å². The normalized spacial score (nSPS) is 35.3. The van der Waals surface area contributed by atoms with Crippen LogP contribution in [0.4, 0.5) is 0 Å². The number of hydrogen-bond acceptors (Lipinski definition) is 4. The van der Waals surface area contributed by atoms with Crippen molar-refractivity contribution in [3.8, 4) is 0 Å². The van der Waals surface area contributed by atoms with E-state index in [0.717, 1.165) is 12.8 Å². The topological polar surface area (TPSA) is 61.5 Å². The lowest BCUT2D eigenvalue weighted by molar-refractivity contribution is -0.227. The molecule has 1 aliphatic heterocycles. The molecule has 74 valence electrons. The summed E-state index contributed by atoms with van der Waals surface area (Å²) in [6.07, 6.45) is 5.51. The fraction of sp³-hybridized carbons (Fsp3) is 0.889. The molecule has 13 heavy (non-hydrogen) atoms. The Morgan fingerprint density at radius 3 is 2.69 bits per heavy atom. The smallest absolute Gasteiger partial charge is 0.309 e. The lowest BCUT2D eigenvalue weighted by atomic mass is 10.2. The Balaban J connectivity index is 1.88. The largest absolute Gasteiger partial charge is 0.419 e. The minimum absolute atomic E-state index is 0.191. The van der Waals surface area contributed by atoms with E-state index in [9.17, 15) is 4.79 Å². The Morgan fingerprint density at radius 1 is 1.46 bits per heavy atom. The maximum Gasteiger partial charge on any atom is 0.309 e. The summed E-state index contributed by atoms with van der Waals surface area (Å²) in [6.45, 7) is 0. The second-order valence-corrected chi connectivity index (χ2v) is 3.81. The summed E-state index contributed by atoms with van der Waals surface area (Å²) in [5.74, 6) is -1.37. The van der Waals surface area contributed by atoms with Crippen molar-refractivity contribution in [1.29, 1.82) is 0 Å². The number of nitrogens with two attached hydrogens (primary N) is 1. The van der Waals surface area contributed by atoms with Crippen LogP contribution in [0.1, 0.15) is 38.5 Å². The Morgan fingerprint density at radius 2 is 2.15 bits per heavy atom. The SMILES string of the molecule is NC1(OC2CCCC2)CCC(=O)O1. The highest BCUT2D eigenvalue weighted by Gasteiger charge is 2.40. The molecular weight excluding hydrogens is 170 g/mol. The molecule has 2 N–H and O–H groups in total. The van der Waals surface area contributed by atoms with Gasteiger partial charge < -0.3 is 9.47 Å². The quantitative estimate of drug-likeness (QED) is 0.512. The van der Waals surface area contributed by atoms with Crippen LogP contribution in [0, 0.1) is 0 Å². The van der Waals surface area contributed by atoms with Crippen molar-refractivity contribution >= 4 is 5.97 Å². The van der Waals surface area contributed by atoms with Gasteiger partial charge in [0.15, 0.2) is 0 Å². The molecule has 2 fully saturated rings. The van der Waals surface area contributed by atoms with Crippen LogP contribution in [0.15, 0.2) is 0 Å². The molecule has 2 aliphatic rings. The molecule has 0 spiro atoms. The van der Waals surface area contributed by atoms with Crippen LogP contribution in [0.3, 0.4) is 0 Å². The molecule has 1 saturated carbocycles. The zero-order valence-corrected chi connectivity index (χ0v) is 7.62. The van der Waals surface area contributed by atoms with Gasteiger partial charge in [-0.25, -0.2) is 0 Å². The van der Waals surface area contributed by atoms with Gasteiger partial charge in [0, 0.05) is 6.42 Å². The van der Waals surface area contributed by atoms with Crippen molar-refractivity contribution in [3.63, 3.8) is 0 Å². The zero-order valence-electron chi connectivity index (χ0n) is 7.62. The molecule has 1 heterocycles.